The van der Waals surface area contributed by atoms with Gasteiger partial charge in [-0.15, -0.1) is 0 Å². The number of unbranched alkanes of at least 4 members (excludes halogenated alkanes) is 16. The second-order valence-electron chi connectivity index (χ2n) is 23.4. The monoisotopic (exact) mass is 1380 g/mol. The van der Waals surface area contributed by atoms with Gasteiger partial charge in [-0.2, -0.15) is 0 Å². The van der Waals surface area contributed by atoms with Gasteiger partial charge in [-0.25, -0.2) is 9.13 Å². The quantitative estimate of drug-likeness (QED) is 0.0169. The summed E-state index contributed by atoms with van der Waals surface area (Å²) in [6.07, 6.45) is 76.0. The Hall–Kier alpha value is -5.06. The van der Waals surface area contributed by atoms with Gasteiger partial charge in [-0.1, -0.05) is 238 Å². The van der Waals surface area contributed by atoms with Crippen molar-refractivity contribution >= 4 is 39.5 Å². The molecule has 3 N–H and O–H groups in total. The van der Waals surface area contributed by atoms with E-state index in [-0.39, 0.29) is 25.7 Å². The first-order valence-electron chi connectivity index (χ1n) is 36.1. The average molecular weight is 1390 g/mol. The number of hydrogen-bond donors (Lipinski definition) is 3. The number of rotatable bonds is 66. The zero-order valence-electron chi connectivity index (χ0n) is 59.2. The Morgan fingerprint density at radius 1 is 0.302 bits per heavy atom. The van der Waals surface area contributed by atoms with Crippen LogP contribution in [-0.2, 0) is 65.4 Å². The van der Waals surface area contributed by atoms with Crippen molar-refractivity contribution in [2.75, 3.05) is 39.6 Å². The van der Waals surface area contributed by atoms with Crippen molar-refractivity contribution in [2.45, 2.75) is 277 Å². The molecule has 0 saturated heterocycles. The van der Waals surface area contributed by atoms with Crippen molar-refractivity contribution in [1.82, 2.24) is 0 Å². The van der Waals surface area contributed by atoms with Crippen molar-refractivity contribution in [3.63, 3.8) is 0 Å². The Morgan fingerprint density at radius 3 is 0.927 bits per heavy atom. The molecule has 0 fully saturated rings. The average Bonchev–Trinajstić information content (AvgIpc) is 1.15. The molecular weight excluding hydrogens is 1260 g/mol. The Labute approximate surface area is 579 Å². The van der Waals surface area contributed by atoms with Crippen LogP contribution in [0.2, 0.25) is 0 Å². The predicted octanol–water partition coefficient (Wildman–Crippen LogP) is 20.3. The van der Waals surface area contributed by atoms with Gasteiger partial charge < -0.3 is 33.8 Å². The third-order valence-corrected chi connectivity index (χ3v) is 16.2. The molecule has 546 valence electrons. The van der Waals surface area contributed by atoms with E-state index in [1.54, 1.807) is 0 Å². The summed E-state index contributed by atoms with van der Waals surface area (Å²) < 4.78 is 68.1. The highest BCUT2D eigenvalue weighted by molar-refractivity contribution is 7.47. The lowest BCUT2D eigenvalue weighted by Gasteiger charge is -2.21. The Kier molecular flexibility index (Phi) is 64.9. The molecule has 0 aliphatic rings. The molecule has 0 aromatic rings. The molecule has 5 unspecified atom stereocenters. The number of aliphatic hydroxyl groups is 1. The minimum absolute atomic E-state index is 0.0300. The fourth-order valence-corrected chi connectivity index (χ4v) is 10.4. The minimum atomic E-state index is -4.99. The molecule has 0 aliphatic carbocycles. The van der Waals surface area contributed by atoms with E-state index in [9.17, 15) is 43.2 Å². The first kappa shape index (κ1) is 90.9. The SMILES string of the molecule is CC/C=C\C/C=C\C/C=C\C/C=C\C/C=C\C/C=C\CCC(=O)OCC(COP(=O)(O)OCC(O)COP(=O)(O)OCC(COC(=O)CCCC/C=C\C/C=C\C/C=C\C/C=C\CC)OC(=O)CCCCCCC/C=C\CCCC)OC(=O)CCCCCCC/C=C\CCCC. The number of hydrogen-bond acceptors (Lipinski definition) is 15. The minimum Gasteiger partial charge on any atom is -0.462 e. The number of phosphoric acid groups is 2. The lowest BCUT2D eigenvalue weighted by molar-refractivity contribution is -0.161. The summed E-state index contributed by atoms with van der Waals surface area (Å²) >= 11 is 0. The van der Waals surface area contributed by atoms with Crippen LogP contribution in [0.15, 0.2) is 146 Å². The van der Waals surface area contributed by atoms with E-state index in [0.717, 1.165) is 154 Å². The van der Waals surface area contributed by atoms with Gasteiger partial charge in [0.2, 0.25) is 0 Å². The summed E-state index contributed by atoms with van der Waals surface area (Å²) in [5.74, 6) is -2.35. The largest absolute Gasteiger partial charge is 0.472 e. The third-order valence-electron chi connectivity index (χ3n) is 14.3. The summed E-state index contributed by atoms with van der Waals surface area (Å²) in [4.78, 5) is 72.6. The number of aliphatic hydroxyl groups excluding tert-OH is 1. The van der Waals surface area contributed by atoms with Crippen molar-refractivity contribution in [3.8, 4) is 0 Å². The first-order chi connectivity index (χ1) is 46.7. The molecule has 0 bridgehead atoms. The zero-order valence-corrected chi connectivity index (χ0v) is 61.0. The van der Waals surface area contributed by atoms with E-state index in [1.807, 2.05) is 18.2 Å². The second kappa shape index (κ2) is 68.5. The highest BCUT2D eigenvalue weighted by atomic mass is 31.2. The van der Waals surface area contributed by atoms with Crippen LogP contribution in [0.5, 0.6) is 0 Å². The normalized spacial score (nSPS) is 14.9. The standard InChI is InChI=1S/C77H126O17P2/c1-5-9-13-17-21-25-29-31-33-34-35-36-38-40-44-46-50-54-58-62-75(80)88-68-73(94-77(82)64-60-56-52-48-42-28-24-20-16-12-8-4)70-92-96(85,86)90-66-71(78)65-89-95(83,84)91-69-72(93-76(81)63-59-55-51-47-41-27-23-19-15-11-7-3)67-87-74(79)61-57-53-49-45-43-39-37-32-30-26-22-18-14-10-6-2/h9-10,13-14,19-26,31-33,35-37,40,43-45,50,54,71-73,78H,5-8,11-12,15-18,27-30,34,38-39,41-42,46-49,51-53,55-70H2,1-4H3,(H,83,84)(H,85,86)/b13-9-,14-10-,23-19-,24-20-,25-21-,26-22-,33-31-,36-35-,37-32-,44-40-,45-43-,54-50-. The van der Waals surface area contributed by atoms with Gasteiger partial charge in [-0.3, -0.25) is 37.3 Å². The highest BCUT2D eigenvalue weighted by Gasteiger charge is 2.30. The molecule has 96 heavy (non-hydrogen) atoms. The maximum atomic E-state index is 13.0. The molecular formula is C77H126O17P2. The number of phosphoric ester groups is 2. The third kappa shape index (κ3) is 67.5. The van der Waals surface area contributed by atoms with Gasteiger partial charge in [-0.05, 0) is 141 Å². The summed E-state index contributed by atoms with van der Waals surface area (Å²) in [6, 6.07) is 0. The molecule has 0 rings (SSSR count). The molecule has 0 spiro atoms. The Morgan fingerprint density at radius 2 is 0.562 bits per heavy atom. The molecule has 0 aliphatic heterocycles. The highest BCUT2D eigenvalue weighted by Crippen LogP contribution is 2.45. The fourth-order valence-electron chi connectivity index (χ4n) is 8.78. The number of esters is 4. The van der Waals surface area contributed by atoms with Gasteiger partial charge in [0.05, 0.1) is 26.4 Å². The van der Waals surface area contributed by atoms with Crippen LogP contribution in [0, 0.1) is 0 Å². The second-order valence-corrected chi connectivity index (χ2v) is 26.3. The van der Waals surface area contributed by atoms with Crippen molar-refractivity contribution in [3.05, 3.63) is 146 Å². The Bertz CT molecular complexity index is 2400. The van der Waals surface area contributed by atoms with Gasteiger partial charge in [0.15, 0.2) is 12.2 Å². The number of carbonyl (C=O) groups is 4. The van der Waals surface area contributed by atoms with Crippen LogP contribution in [0.4, 0.5) is 0 Å². The van der Waals surface area contributed by atoms with Crippen LogP contribution >= 0.6 is 15.6 Å². The van der Waals surface area contributed by atoms with Crippen molar-refractivity contribution < 1.29 is 80.2 Å². The molecule has 19 heteroatoms. The van der Waals surface area contributed by atoms with E-state index in [2.05, 4.69) is 155 Å². The number of carbonyl (C=O) groups excluding carboxylic acids is 4. The number of ether oxygens (including phenoxy) is 4. The predicted molar refractivity (Wildman–Crippen MR) is 390 cm³/mol. The van der Waals surface area contributed by atoms with E-state index < -0.39 is 97.5 Å². The molecule has 0 saturated carbocycles. The van der Waals surface area contributed by atoms with E-state index >= 15 is 0 Å². The zero-order chi connectivity index (χ0) is 70.4. The van der Waals surface area contributed by atoms with Crippen LogP contribution < -0.4 is 0 Å². The fraction of sp³-hybridized carbons (Fsp3) is 0.636. The van der Waals surface area contributed by atoms with Gasteiger partial charge in [0.1, 0.15) is 19.3 Å². The molecule has 17 nitrogen and oxygen atoms in total. The summed E-state index contributed by atoms with van der Waals surface area (Å²) in [6.45, 7) is 4.37. The molecule has 0 heterocycles. The van der Waals surface area contributed by atoms with Crippen molar-refractivity contribution in [2.24, 2.45) is 0 Å². The molecule has 0 aromatic carbocycles. The first-order valence-corrected chi connectivity index (χ1v) is 39.1. The Balaban J connectivity index is 5.40. The maximum Gasteiger partial charge on any atom is 0.472 e. The summed E-state index contributed by atoms with van der Waals surface area (Å²) in [5, 5.41) is 10.6. The van der Waals surface area contributed by atoms with Crippen LogP contribution in [0.3, 0.4) is 0 Å². The molecule has 0 amide bonds. The molecule has 0 aromatic heterocycles. The topological polar surface area (TPSA) is 237 Å². The molecule has 5 atom stereocenters. The number of allylic oxidation sites excluding steroid dienone is 24. The van der Waals surface area contributed by atoms with Crippen LogP contribution in [0.1, 0.15) is 259 Å². The van der Waals surface area contributed by atoms with Gasteiger partial charge in [0.25, 0.3) is 0 Å². The lowest BCUT2D eigenvalue weighted by Crippen LogP contribution is -2.30. The van der Waals surface area contributed by atoms with Gasteiger partial charge in [0, 0.05) is 25.7 Å². The summed E-state index contributed by atoms with van der Waals surface area (Å²) in [5.41, 5.74) is 0. The smallest absolute Gasteiger partial charge is 0.462 e. The maximum absolute atomic E-state index is 13.0. The summed E-state index contributed by atoms with van der Waals surface area (Å²) in [7, 11) is -9.98. The van der Waals surface area contributed by atoms with Crippen LogP contribution in [0.25, 0.3) is 0 Å². The van der Waals surface area contributed by atoms with E-state index in [0.29, 0.717) is 32.1 Å². The van der Waals surface area contributed by atoms with E-state index in [1.165, 1.54) is 19.3 Å². The molecule has 0 radical (unpaired) electrons. The van der Waals surface area contributed by atoms with Gasteiger partial charge >= 0.3 is 39.5 Å². The van der Waals surface area contributed by atoms with Crippen LogP contribution in [-0.4, -0.2) is 96.7 Å². The lowest BCUT2D eigenvalue weighted by atomic mass is 10.1. The van der Waals surface area contributed by atoms with E-state index in [4.69, 9.17) is 37.0 Å². The van der Waals surface area contributed by atoms with Crippen molar-refractivity contribution in [1.29, 1.82) is 0 Å².